The van der Waals surface area contributed by atoms with E-state index >= 15 is 0 Å². The first-order valence-corrected chi connectivity index (χ1v) is 10.9. The molecule has 2 aromatic heterocycles. The number of nitrogens with zero attached hydrogens (tertiary/aromatic N) is 3. The largest absolute Gasteiger partial charge is 0.487 e. The molecule has 0 aliphatic carbocycles. The molecule has 1 aromatic carbocycles. The molecule has 4 N–H and O–H groups in total. The fraction of sp³-hybridized carbons (Fsp3) is 0.381. The summed E-state index contributed by atoms with van der Waals surface area (Å²) >= 11 is 1.21. The molecule has 0 saturated carbocycles. The highest BCUT2D eigenvalue weighted by atomic mass is 32.1. The van der Waals surface area contributed by atoms with Crippen molar-refractivity contribution < 1.29 is 19.0 Å². The fourth-order valence-corrected chi connectivity index (χ4v) is 4.86. The van der Waals surface area contributed by atoms with E-state index in [1.165, 1.54) is 29.8 Å². The number of hydrogen-bond acceptors (Lipinski definition) is 8. The minimum Gasteiger partial charge on any atom is -0.487 e. The van der Waals surface area contributed by atoms with E-state index in [1.54, 1.807) is 13.0 Å². The molecule has 4 rings (SSSR count). The maximum atomic E-state index is 14.0. The molecule has 3 aromatic rings. The summed E-state index contributed by atoms with van der Waals surface area (Å²) in [5, 5.41) is 13.1. The Morgan fingerprint density at radius 3 is 3.06 bits per heavy atom. The van der Waals surface area contributed by atoms with Crippen LogP contribution in [0.1, 0.15) is 28.1 Å². The number of carbonyl (C=O) groups excluding carboxylic acids is 1. The van der Waals surface area contributed by atoms with E-state index in [1.807, 2.05) is 0 Å². The van der Waals surface area contributed by atoms with E-state index in [-0.39, 0.29) is 12.7 Å². The number of anilines is 2. The Labute approximate surface area is 182 Å². The van der Waals surface area contributed by atoms with E-state index in [4.69, 9.17) is 10.5 Å². The number of aryl methyl sites for hydroxylation is 1. The number of benzene rings is 1. The van der Waals surface area contributed by atoms with Crippen LogP contribution < -0.4 is 15.8 Å². The molecule has 1 saturated heterocycles. The van der Waals surface area contributed by atoms with Crippen LogP contribution in [0.2, 0.25) is 0 Å². The molecule has 1 amide bonds. The molecular weight excluding hydrogens is 421 g/mol. The van der Waals surface area contributed by atoms with E-state index in [9.17, 15) is 14.3 Å². The Morgan fingerprint density at radius 1 is 1.45 bits per heavy atom. The molecule has 1 atom stereocenters. The van der Waals surface area contributed by atoms with E-state index in [2.05, 4.69) is 20.2 Å². The van der Waals surface area contributed by atoms with E-state index < -0.39 is 11.7 Å². The van der Waals surface area contributed by atoms with Crippen molar-refractivity contribution in [1.82, 2.24) is 14.9 Å². The highest BCUT2D eigenvalue weighted by molar-refractivity contribution is 7.20. The van der Waals surface area contributed by atoms with Crippen LogP contribution in [0, 0.1) is 12.7 Å². The molecule has 0 unspecified atom stereocenters. The van der Waals surface area contributed by atoms with Crippen molar-refractivity contribution in [3.63, 3.8) is 0 Å². The average molecular weight is 446 g/mol. The molecular formula is C21H24FN5O3S. The van der Waals surface area contributed by atoms with Crippen molar-refractivity contribution >= 4 is 39.0 Å². The number of halogens is 1. The van der Waals surface area contributed by atoms with Crippen LogP contribution in [0.3, 0.4) is 0 Å². The normalized spacial score (nSPS) is 17.1. The Balaban J connectivity index is 1.63. The number of nitrogens with two attached hydrogens (primary N) is 1. The highest BCUT2D eigenvalue weighted by Gasteiger charge is 2.23. The topological polar surface area (TPSA) is 114 Å². The first-order chi connectivity index (χ1) is 15.0. The maximum absolute atomic E-state index is 14.0. The van der Waals surface area contributed by atoms with Gasteiger partial charge in [-0.05, 0) is 44.0 Å². The number of fused-ring (bicyclic) bond motifs is 1. The fourth-order valence-electron chi connectivity index (χ4n) is 3.86. The number of primary amides is 1. The minimum atomic E-state index is -0.512. The quantitative estimate of drug-likeness (QED) is 0.512. The summed E-state index contributed by atoms with van der Waals surface area (Å²) in [5.74, 6) is -0.0417. The number of piperidine rings is 1. The van der Waals surface area contributed by atoms with Crippen LogP contribution in [0.25, 0.3) is 10.2 Å². The number of aliphatic hydroxyl groups excluding tert-OH is 1. The summed E-state index contributed by atoms with van der Waals surface area (Å²) in [6, 6.07) is 4.30. The van der Waals surface area contributed by atoms with Gasteiger partial charge in [0.2, 0.25) is 0 Å². The van der Waals surface area contributed by atoms with Crippen molar-refractivity contribution in [2.45, 2.75) is 25.9 Å². The lowest BCUT2D eigenvalue weighted by molar-refractivity contribution is 0.0770. The van der Waals surface area contributed by atoms with E-state index in [0.29, 0.717) is 51.0 Å². The van der Waals surface area contributed by atoms with Crippen molar-refractivity contribution in [3.8, 4) is 5.75 Å². The van der Waals surface area contributed by atoms with Gasteiger partial charge in [0, 0.05) is 19.2 Å². The predicted molar refractivity (Wildman–Crippen MR) is 118 cm³/mol. The summed E-state index contributed by atoms with van der Waals surface area (Å²) in [5.41, 5.74) is 6.74. The molecule has 10 heteroatoms. The predicted octanol–water partition coefficient (Wildman–Crippen LogP) is 2.82. The number of hydrogen-bond donors (Lipinski definition) is 3. The van der Waals surface area contributed by atoms with Gasteiger partial charge >= 0.3 is 0 Å². The Bertz CT molecular complexity index is 1100. The summed E-state index contributed by atoms with van der Waals surface area (Å²) in [7, 11) is 0. The standard InChI is InChI=1S/C21H24FN5O3S/c1-12-17-20(24-11-25-21(17)31-18(12)19(23)29)26-15-5-4-13(22)9-16(15)30-14-3-2-6-27(10-14)7-8-28/h4-5,9,11,14,28H,2-3,6-8,10H2,1H3,(H2,23,29)(H,24,25,26)/t14-/m1/s1. The Morgan fingerprint density at radius 2 is 2.29 bits per heavy atom. The van der Waals surface area contributed by atoms with Crippen LogP contribution >= 0.6 is 11.3 Å². The third-order valence-electron chi connectivity index (χ3n) is 5.32. The van der Waals surface area contributed by atoms with Crippen LogP contribution in [-0.4, -0.2) is 58.2 Å². The van der Waals surface area contributed by atoms with Crippen molar-refractivity contribution in [2.75, 3.05) is 31.6 Å². The second-order valence-electron chi connectivity index (χ2n) is 7.49. The lowest BCUT2D eigenvalue weighted by Gasteiger charge is -2.32. The van der Waals surface area contributed by atoms with Gasteiger partial charge in [0.1, 0.15) is 34.6 Å². The molecule has 0 spiro atoms. The third kappa shape index (κ3) is 4.60. The summed E-state index contributed by atoms with van der Waals surface area (Å²) in [6.45, 7) is 4.06. The van der Waals surface area contributed by atoms with E-state index in [0.717, 1.165) is 19.4 Å². The van der Waals surface area contributed by atoms with Crippen LogP contribution in [0.15, 0.2) is 24.5 Å². The zero-order chi connectivity index (χ0) is 22.0. The summed E-state index contributed by atoms with van der Waals surface area (Å²) in [6.07, 6.45) is 3.08. The number of β-amino-alcohol motifs (C(OH)–C–C–N with tert-alkyl or cyclic N) is 1. The van der Waals surface area contributed by atoms with Crippen molar-refractivity contribution in [3.05, 3.63) is 40.8 Å². The lowest BCUT2D eigenvalue weighted by atomic mass is 10.1. The monoisotopic (exact) mass is 445 g/mol. The number of aliphatic hydroxyl groups is 1. The molecule has 31 heavy (non-hydrogen) atoms. The number of amides is 1. The van der Waals surface area contributed by atoms with Gasteiger partial charge < -0.3 is 20.9 Å². The Kier molecular flexibility index (Phi) is 6.30. The second kappa shape index (κ2) is 9.13. The zero-order valence-corrected chi connectivity index (χ0v) is 17.9. The molecule has 0 radical (unpaired) electrons. The third-order valence-corrected chi connectivity index (χ3v) is 6.53. The Hall–Kier alpha value is -2.82. The number of aromatic nitrogens is 2. The SMILES string of the molecule is Cc1c(C(N)=O)sc2ncnc(Nc3ccc(F)cc3O[C@@H]3CCCN(CCO)C3)c12. The van der Waals surface area contributed by atoms with Crippen LogP contribution in [0.4, 0.5) is 15.9 Å². The van der Waals surface area contributed by atoms with Gasteiger partial charge in [-0.1, -0.05) is 0 Å². The van der Waals surface area contributed by atoms with Gasteiger partial charge in [-0.2, -0.15) is 0 Å². The lowest BCUT2D eigenvalue weighted by Crippen LogP contribution is -2.42. The van der Waals surface area contributed by atoms with Crippen molar-refractivity contribution in [1.29, 1.82) is 0 Å². The molecule has 1 aliphatic rings. The van der Waals surface area contributed by atoms with Crippen molar-refractivity contribution in [2.24, 2.45) is 5.73 Å². The molecule has 1 fully saturated rings. The number of rotatable bonds is 7. The summed E-state index contributed by atoms with van der Waals surface area (Å²) < 4.78 is 20.2. The van der Waals surface area contributed by atoms with Gasteiger partial charge in [-0.3, -0.25) is 9.69 Å². The second-order valence-corrected chi connectivity index (χ2v) is 8.49. The van der Waals surface area contributed by atoms with Crippen LogP contribution in [-0.2, 0) is 0 Å². The number of carbonyl (C=O) groups is 1. The molecule has 3 heterocycles. The molecule has 164 valence electrons. The van der Waals surface area contributed by atoms with Gasteiger partial charge in [0.15, 0.2) is 0 Å². The number of ether oxygens (including phenoxy) is 1. The number of thiophene rings is 1. The van der Waals surface area contributed by atoms with Gasteiger partial charge in [-0.25, -0.2) is 14.4 Å². The highest BCUT2D eigenvalue weighted by Crippen LogP contribution is 2.36. The summed E-state index contributed by atoms with van der Waals surface area (Å²) in [4.78, 5) is 23.5. The zero-order valence-electron chi connectivity index (χ0n) is 17.1. The first-order valence-electron chi connectivity index (χ1n) is 10.1. The smallest absolute Gasteiger partial charge is 0.259 e. The number of nitrogens with one attached hydrogen (secondary N) is 1. The first kappa shape index (κ1) is 21.4. The maximum Gasteiger partial charge on any atom is 0.259 e. The molecule has 8 nitrogen and oxygen atoms in total. The van der Waals surface area contributed by atoms with Crippen LogP contribution in [0.5, 0.6) is 5.75 Å². The molecule has 1 aliphatic heterocycles. The minimum absolute atomic E-state index is 0.0937. The van der Waals surface area contributed by atoms with Gasteiger partial charge in [-0.15, -0.1) is 11.3 Å². The molecule has 0 bridgehead atoms. The van der Waals surface area contributed by atoms with Gasteiger partial charge in [0.05, 0.1) is 22.6 Å². The average Bonchev–Trinajstić information content (AvgIpc) is 3.08. The number of likely N-dealkylation sites (tertiary alicyclic amines) is 1. The van der Waals surface area contributed by atoms with Gasteiger partial charge in [0.25, 0.3) is 5.91 Å².